The zero-order valence-electron chi connectivity index (χ0n) is 9.48. The number of hydrogen-bond donors (Lipinski definition) is 0. The van der Waals surface area contributed by atoms with E-state index in [0.717, 1.165) is 0 Å². The third-order valence-electron chi connectivity index (χ3n) is 2.08. The van der Waals surface area contributed by atoms with Crippen LogP contribution in [-0.4, -0.2) is 0 Å². The molecule has 0 aromatic heterocycles. The van der Waals surface area contributed by atoms with E-state index in [1.54, 1.807) is 0 Å². The maximum absolute atomic E-state index is 13.5. The summed E-state index contributed by atoms with van der Waals surface area (Å²) in [7, 11) is 0. The van der Waals surface area contributed by atoms with E-state index in [1.165, 1.54) is 19.1 Å². The van der Waals surface area contributed by atoms with Gasteiger partial charge in [-0.2, -0.15) is 10.5 Å². The monoisotopic (exact) mass is 264 g/mol. The molecule has 0 fully saturated rings. The fourth-order valence-electron chi connectivity index (χ4n) is 1.24. The average Bonchev–Trinajstić information content (AvgIpc) is 2.42. The molecule has 0 aliphatic rings. The molecular weight excluding hydrogens is 260 g/mol. The minimum Gasteiger partial charge on any atom is -0.203 e. The molecule has 1 aromatic rings. The predicted molar refractivity (Wildman–Crippen MR) is 58.0 cm³/mol. The highest BCUT2D eigenvalue weighted by molar-refractivity contribution is 5.64. The molecule has 6 heteroatoms. The molecule has 0 heterocycles. The number of halogens is 4. The summed E-state index contributed by atoms with van der Waals surface area (Å²) in [6.07, 6.45) is 0.431. The van der Waals surface area contributed by atoms with Gasteiger partial charge in [-0.3, -0.25) is 0 Å². The van der Waals surface area contributed by atoms with Gasteiger partial charge >= 0.3 is 0 Å². The summed E-state index contributed by atoms with van der Waals surface area (Å²) in [6, 6.07) is 2.65. The quantitative estimate of drug-likeness (QED) is 0.339. The highest BCUT2D eigenvalue weighted by atomic mass is 19.2. The third-order valence-corrected chi connectivity index (χ3v) is 2.08. The Morgan fingerprint density at radius 3 is 1.79 bits per heavy atom. The second-order valence-corrected chi connectivity index (χ2v) is 3.20. The molecule has 2 nitrogen and oxygen atoms in total. The Balaban J connectivity index is 3.72. The first kappa shape index (κ1) is 14.3. The van der Waals surface area contributed by atoms with Crippen LogP contribution in [0.3, 0.4) is 0 Å². The summed E-state index contributed by atoms with van der Waals surface area (Å²) in [5.41, 5.74) is -2.86. The molecule has 19 heavy (non-hydrogen) atoms. The smallest absolute Gasteiger partial charge is 0.178 e. The number of allylic oxidation sites excluding steroid dienone is 1. The summed E-state index contributed by atoms with van der Waals surface area (Å²) in [5.74, 6) is -2.74. The second-order valence-electron chi connectivity index (χ2n) is 3.20. The van der Waals surface area contributed by atoms with Crippen molar-refractivity contribution in [3.8, 4) is 24.0 Å². The molecule has 1 rings (SSSR count). The SMILES string of the molecule is CC#Cc1c(F)c(F)c(C=C(C#N)C#N)c(F)c1F. The summed E-state index contributed by atoms with van der Waals surface area (Å²) in [5, 5.41) is 16.9. The Hall–Kier alpha value is -2.78. The number of nitrogens with zero attached hydrogens (tertiary/aromatic N) is 2. The number of hydrogen-bond acceptors (Lipinski definition) is 2. The van der Waals surface area contributed by atoms with Crippen LogP contribution in [0.5, 0.6) is 0 Å². The van der Waals surface area contributed by atoms with Gasteiger partial charge in [-0.1, -0.05) is 5.92 Å². The van der Waals surface area contributed by atoms with Gasteiger partial charge in [-0.15, -0.1) is 5.92 Å². The Morgan fingerprint density at radius 2 is 1.42 bits per heavy atom. The van der Waals surface area contributed by atoms with Crippen molar-refractivity contribution in [1.29, 1.82) is 10.5 Å². The number of rotatable bonds is 1. The van der Waals surface area contributed by atoms with Crippen molar-refractivity contribution < 1.29 is 17.6 Å². The lowest BCUT2D eigenvalue weighted by atomic mass is 10.1. The fourth-order valence-corrected chi connectivity index (χ4v) is 1.24. The summed E-state index contributed by atoms with van der Waals surface area (Å²) in [4.78, 5) is 0. The lowest BCUT2D eigenvalue weighted by Gasteiger charge is -2.05. The molecule has 0 unspecified atom stereocenters. The second kappa shape index (κ2) is 5.71. The van der Waals surface area contributed by atoms with Crippen molar-refractivity contribution in [2.75, 3.05) is 0 Å². The molecule has 0 aliphatic heterocycles. The molecule has 0 saturated heterocycles. The van der Waals surface area contributed by atoms with Crippen LogP contribution in [-0.2, 0) is 0 Å². The predicted octanol–water partition coefficient (Wildman–Crippen LogP) is 3.04. The van der Waals surface area contributed by atoms with Crippen LogP contribution >= 0.6 is 0 Å². The first-order valence-corrected chi connectivity index (χ1v) is 4.78. The van der Waals surface area contributed by atoms with Crippen molar-refractivity contribution in [1.82, 2.24) is 0 Å². The Kier molecular flexibility index (Phi) is 4.29. The largest absolute Gasteiger partial charge is 0.203 e. The van der Waals surface area contributed by atoms with Crippen molar-refractivity contribution >= 4 is 6.08 Å². The van der Waals surface area contributed by atoms with Crippen LogP contribution in [0.25, 0.3) is 6.08 Å². The van der Waals surface area contributed by atoms with Gasteiger partial charge in [0.15, 0.2) is 23.3 Å². The van der Waals surface area contributed by atoms with E-state index in [9.17, 15) is 17.6 Å². The van der Waals surface area contributed by atoms with Gasteiger partial charge in [-0.05, 0) is 13.0 Å². The van der Waals surface area contributed by atoms with Gasteiger partial charge in [0.2, 0.25) is 0 Å². The van der Waals surface area contributed by atoms with Crippen LogP contribution in [0.2, 0.25) is 0 Å². The van der Waals surface area contributed by atoms with Gasteiger partial charge in [0.25, 0.3) is 0 Å². The Labute approximate surface area is 106 Å². The molecule has 0 radical (unpaired) electrons. The van der Waals surface area contributed by atoms with Crippen LogP contribution in [0.4, 0.5) is 17.6 Å². The maximum atomic E-state index is 13.5. The Bertz CT molecular complexity index is 664. The number of nitriles is 2. The molecule has 1 aromatic carbocycles. The lowest BCUT2D eigenvalue weighted by molar-refractivity contribution is 0.448. The third kappa shape index (κ3) is 2.56. The molecule has 0 bridgehead atoms. The van der Waals surface area contributed by atoms with Gasteiger partial charge < -0.3 is 0 Å². The van der Waals surface area contributed by atoms with Crippen LogP contribution < -0.4 is 0 Å². The average molecular weight is 264 g/mol. The summed E-state index contributed by atoms with van der Waals surface area (Å²) in [6.45, 7) is 1.24. The highest BCUT2D eigenvalue weighted by Crippen LogP contribution is 2.25. The minimum absolute atomic E-state index is 0.431. The normalized spacial score (nSPS) is 8.79. The van der Waals surface area contributed by atoms with Gasteiger partial charge in [0.05, 0.1) is 5.56 Å². The number of benzene rings is 1. The van der Waals surface area contributed by atoms with Gasteiger partial charge in [0.1, 0.15) is 23.3 Å². The molecule has 0 spiro atoms. The zero-order chi connectivity index (χ0) is 14.6. The van der Waals surface area contributed by atoms with E-state index >= 15 is 0 Å². The van der Waals surface area contributed by atoms with Crippen LogP contribution in [0.15, 0.2) is 5.57 Å². The topological polar surface area (TPSA) is 47.6 Å². The van der Waals surface area contributed by atoms with E-state index in [2.05, 4.69) is 5.92 Å². The molecule has 0 N–H and O–H groups in total. The molecule has 0 atom stereocenters. The van der Waals surface area contributed by atoms with Crippen molar-refractivity contribution in [3.63, 3.8) is 0 Å². The molecule has 94 valence electrons. The van der Waals surface area contributed by atoms with Crippen molar-refractivity contribution in [2.45, 2.75) is 6.92 Å². The zero-order valence-corrected chi connectivity index (χ0v) is 9.48. The fraction of sp³-hybridized carbons (Fsp3) is 0.0769. The van der Waals surface area contributed by atoms with Gasteiger partial charge in [-0.25, -0.2) is 17.6 Å². The van der Waals surface area contributed by atoms with Gasteiger partial charge in [0, 0.05) is 0 Å². The first-order chi connectivity index (χ1) is 8.97. The molecule has 0 saturated carbocycles. The van der Waals surface area contributed by atoms with Crippen LogP contribution in [0, 0.1) is 57.8 Å². The van der Waals surface area contributed by atoms with Crippen LogP contribution in [0.1, 0.15) is 18.1 Å². The minimum atomic E-state index is -1.71. The maximum Gasteiger partial charge on any atom is 0.178 e. The van der Waals surface area contributed by atoms with E-state index < -0.39 is 40.0 Å². The van der Waals surface area contributed by atoms with E-state index in [1.807, 2.05) is 5.92 Å². The Morgan fingerprint density at radius 1 is 0.947 bits per heavy atom. The first-order valence-electron chi connectivity index (χ1n) is 4.78. The van der Waals surface area contributed by atoms with E-state index in [0.29, 0.717) is 6.08 Å². The standard InChI is InChI=1S/C13H4F4N2/c1-2-3-8-10(14)12(16)9(13(17)11(8)15)4-7(5-18)6-19/h4H,1H3. The van der Waals surface area contributed by atoms with E-state index in [4.69, 9.17) is 10.5 Å². The lowest BCUT2D eigenvalue weighted by Crippen LogP contribution is -2.04. The molecule has 0 aliphatic carbocycles. The summed E-state index contributed by atoms with van der Waals surface area (Å²) < 4.78 is 54.0. The summed E-state index contributed by atoms with van der Waals surface area (Å²) >= 11 is 0. The molecular formula is C13H4F4N2. The van der Waals surface area contributed by atoms with E-state index in [-0.39, 0.29) is 0 Å². The van der Waals surface area contributed by atoms with Crippen molar-refractivity contribution in [2.24, 2.45) is 0 Å². The molecule has 0 amide bonds. The highest BCUT2D eigenvalue weighted by Gasteiger charge is 2.23. The van der Waals surface area contributed by atoms with Crippen molar-refractivity contribution in [3.05, 3.63) is 40.0 Å².